The maximum atomic E-state index is 12.5. The number of amides is 2. The number of nitrogens with one attached hydrogen (secondary N) is 2. The molecule has 7 nitrogen and oxygen atoms in total. The molecule has 1 fully saturated rings. The molecule has 0 bridgehead atoms. The van der Waals surface area contributed by atoms with Crippen LogP contribution in [0.4, 0.5) is 0 Å². The lowest BCUT2D eigenvalue weighted by molar-refractivity contribution is -0.277. The predicted octanol–water partition coefficient (Wildman–Crippen LogP) is 3.04. The van der Waals surface area contributed by atoms with E-state index in [1.165, 1.54) is 0 Å². The van der Waals surface area contributed by atoms with Crippen LogP contribution in [-0.2, 0) is 14.2 Å². The zero-order valence-corrected chi connectivity index (χ0v) is 18.4. The summed E-state index contributed by atoms with van der Waals surface area (Å²) in [7, 11) is 0. The lowest BCUT2D eigenvalue weighted by Crippen LogP contribution is -2.52. The second-order valence-electron chi connectivity index (χ2n) is 7.61. The molecule has 0 saturated carbocycles. The minimum atomic E-state index is -0.857. The molecule has 0 unspecified atom stereocenters. The van der Waals surface area contributed by atoms with Crippen LogP contribution in [0.2, 0.25) is 5.02 Å². The van der Waals surface area contributed by atoms with Gasteiger partial charge in [0, 0.05) is 29.2 Å². The van der Waals surface area contributed by atoms with E-state index in [0.717, 1.165) is 0 Å². The smallest absolute Gasteiger partial charge is 0.251 e. The summed E-state index contributed by atoms with van der Waals surface area (Å²) in [5.74, 6) is -1.32. The van der Waals surface area contributed by atoms with Gasteiger partial charge < -0.3 is 24.8 Å². The second-order valence-corrected chi connectivity index (χ2v) is 8.04. The summed E-state index contributed by atoms with van der Waals surface area (Å²) < 4.78 is 17.7. The number of hydrogen-bond acceptors (Lipinski definition) is 5. The van der Waals surface area contributed by atoms with Crippen molar-refractivity contribution in [3.8, 4) is 0 Å². The maximum Gasteiger partial charge on any atom is 0.251 e. The Bertz CT molecular complexity index is 873. The average molecular weight is 447 g/mol. The van der Waals surface area contributed by atoms with E-state index in [1.807, 2.05) is 19.9 Å². The van der Waals surface area contributed by atoms with Crippen LogP contribution >= 0.6 is 11.6 Å². The van der Waals surface area contributed by atoms with Crippen LogP contribution < -0.4 is 10.6 Å². The highest BCUT2D eigenvalue weighted by Gasteiger charge is 2.33. The van der Waals surface area contributed by atoms with Crippen molar-refractivity contribution in [3.05, 3.63) is 70.7 Å². The molecule has 8 heteroatoms. The molecular weight excluding hydrogens is 420 g/mol. The van der Waals surface area contributed by atoms with Gasteiger partial charge in [0.1, 0.15) is 12.2 Å². The molecular formula is C23H27ClN2O5. The first kappa shape index (κ1) is 23.2. The molecule has 0 radical (unpaired) electrons. The first-order valence-electron chi connectivity index (χ1n) is 10.1. The molecule has 1 aliphatic rings. The molecule has 2 atom stereocenters. The molecule has 0 aromatic heterocycles. The van der Waals surface area contributed by atoms with Crippen LogP contribution in [0.5, 0.6) is 0 Å². The normalized spacial score (nSPS) is 20.9. The number of carbonyl (C=O) groups is 2. The van der Waals surface area contributed by atoms with Gasteiger partial charge in [-0.2, -0.15) is 0 Å². The van der Waals surface area contributed by atoms with Gasteiger partial charge in [-0.3, -0.25) is 9.59 Å². The van der Waals surface area contributed by atoms with Gasteiger partial charge in [0.2, 0.25) is 0 Å². The molecule has 1 saturated heterocycles. The molecule has 31 heavy (non-hydrogen) atoms. The van der Waals surface area contributed by atoms with E-state index in [-0.39, 0.29) is 24.9 Å². The zero-order chi connectivity index (χ0) is 22.3. The van der Waals surface area contributed by atoms with Crippen LogP contribution in [0, 0.1) is 0 Å². The topological polar surface area (TPSA) is 85.9 Å². The Labute approximate surface area is 187 Å². The van der Waals surface area contributed by atoms with E-state index in [2.05, 4.69) is 10.6 Å². The highest BCUT2D eigenvalue weighted by atomic mass is 35.5. The Morgan fingerprint density at radius 3 is 2.13 bits per heavy atom. The summed E-state index contributed by atoms with van der Waals surface area (Å²) in [6, 6.07) is 15.6. The van der Waals surface area contributed by atoms with Crippen molar-refractivity contribution < 1.29 is 23.8 Å². The van der Waals surface area contributed by atoms with Gasteiger partial charge in [0.05, 0.1) is 13.2 Å². The van der Waals surface area contributed by atoms with Crippen molar-refractivity contribution in [1.82, 2.24) is 10.6 Å². The molecule has 166 valence electrons. The average Bonchev–Trinajstić information content (AvgIpc) is 2.75. The van der Waals surface area contributed by atoms with Crippen molar-refractivity contribution >= 4 is 23.4 Å². The number of benzene rings is 2. The van der Waals surface area contributed by atoms with Crippen molar-refractivity contribution in [2.24, 2.45) is 0 Å². The molecule has 2 aromatic carbocycles. The van der Waals surface area contributed by atoms with E-state index in [4.69, 9.17) is 25.8 Å². The largest absolute Gasteiger partial charge is 0.371 e. The Morgan fingerprint density at radius 2 is 1.48 bits per heavy atom. The summed E-state index contributed by atoms with van der Waals surface area (Å²) in [6.45, 7) is 4.74. The van der Waals surface area contributed by atoms with Gasteiger partial charge in [-0.1, -0.05) is 29.8 Å². The third-order valence-corrected chi connectivity index (χ3v) is 5.04. The molecule has 1 heterocycles. The van der Waals surface area contributed by atoms with Gasteiger partial charge in [-0.25, -0.2) is 0 Å². The highest BCUT2D eigenvalue weighted by molar-refractivity contribution is 6.30. The van der Waals surface area contributed by atoms with Gasteiger partial charge >= 0.3 is 0 Å². The Balaban J connectivity index is 1.65. The molecule has 1 aliphatic heterocycles. The van der Waals surface area contributed by atoms with Crippen molar-refractivity contribution in [2.75, 3.05) is 26.3 Å². The van der Waals surface area contributed by atoms with Crippen LogP contribution in [-0.4, -0.2) is 56.1 Å². The van der Waals surface area contributed by atoms with Crippen LogP contribution in [0.1, 0.15) is 34.6 Å². The number of ether oxygens (including phenoxy) is 3. The molecule has 0 aliphatic carbocycles. The zero-order valence-electron chi connectivity index (χ0n) is 17.6. The fraction of sp³-hybridized carbons (Fsp3) is 0.391. The highest BCUT2D eigenvalue weighted by Crippen LogP contribution is 2.20. The summed E-state index contributed by atoms with van der Waals surface area (Å²) >= 11 is 5.88. The van der Waals surface area contributed by atoms with Crippen LogP contribution in [0.3, 0.4) is 0 Å². The van der Waals surface area contributed by atoms with Crippen molar-refractivity contribution in [3.63, 3.8) is 0 Å². The Morgan fingerprint density at radius 1 is 0.903 bits per heavy atom. The van der Waals surface area contributed by atoms with E-state index in [9.17, 15) is 9.59 Å². The number of rotatable bonds is 6. The van der Waals surface area contributed by atoms with E-state index < -0.39 is 18.0 Å². The van der Waals surface area contributed by atoms with Crippen LogP contribution in [0.25, 0.3) is 0 Å². The third kappa shape index (κ3) is 7.04. The summed E-state index contributed by atoms with van der Waals surface area (Å²) in [5, 5.41) is 6.32. The first-order valence-corrected chi connectivity index (χ1v) is 10.5. The molecule has 2 aromatic rings. The maximum absolute atomic E-state index is 12.5. The van der Waals surface area contributed by atoms with E-state index in [1.54, 1.807) is 48.5 Å². The summed E-state index contributed by atoms with van der Waals surface area (Å²) in [5.41, 5.74) is 1.05. The number of hydrogen-bond donors (Lipinski definition) is 2. The fourth-order valence-electron chi connectivity index (χ4n) is 3.21. The molecule has 0 spiro atoms. The minimum absolute atomic E-state index is 0.196. The lowest BCUT2D eigenvalue weighted by atomic mass is 10.1. The summed E-state index contributed by atoms with van der Waals surface area (Å²) in [4.78, 5) is 25.0. The SMILES string of the molecule is CC1(C)OCCO[C@H](CNC(=O)c2ccc(Cl)cc2)[C@H](CNC(=O)c2ccccc2)O1. The summed E-state index contributed by atoms with van der Waals surface area (Å²) in [6.07, 6.45) is -1.01. The van der Waals surface area contributed by atoms with Gasteiger partial charge in [-0.05, 0) is 50.2 Å². The minimum Gasteiger partial charge on any atom is -0.371 e. The van der Waals surface area contributed by atoms with Gasteiger partial charge in [0.15, 0.2) is 5.79 Å². The number of carbonyl (C=O) groups excluding carboxylic acids is 2. The standard InChI is InChI=1S/C23H27ClN2O5/c1-23(2)30-13-12-29-19(14-25-22(28)17-8-10-18(24)11-9-17)20(31-23)15-26-21(27)16-6-4-3-5-7-16/h3-11,19-20H,12-15H2,1-2H3,(H,25,28)(H,26,27)/t19-,20+/m1/s1. The predicted molar refractivity (Wildman–Crippen MR) is 117 cm³/mol. The number of halogens is 1. The van der Waals surface area contributed by atoms with Crippen LogP contribution in [0.15, 0.2) is 54.6 Å². The van der Waals surface area contributed by atoms with Gasteiger partial charge in [-0.15, -0.1) is 0 Å². The van der Waals surface area contributed by atoms with E-state index in [0.29, 0.717) is 29.4 Å². The quantitative estimate of drug-likeness (QED) is 0.712. The molecule has 2 amide bonds. The third-order valence-electron chi connectivity index (χ3n) is 4.78. The van der Waals surface area contributed by atoms with Crippen molar-refractivity contribution in [2.45, 2.75) is 31.8 Å². The van der Waals surface area contributed by atoms with Gasteiger partial charge in [0.25, 0.3) is 11.8 Å². The second kappa shape index (κ2) is 10.7. The Hall–Kier alpha value is -2.45. The molecule has 3 rings (SSSR count). The fourth-order valence-corrected chi connectivity index (χ4v) is 3.34. The Kier molecular flexibility index (Phi) is 8.03. The lowest BCUT2D eigenvalue weighted by Gasteiger charge is -2.37. The van der Waals surface area contributed by atoms with E-state index >= 15 is 0 Å². The monoisotopic (exact) mass is 446 g/mol. The first-order chi connectivity index (χ1) is 14.8. The molecule has 2 N–H and O–H groups in total. The van der Waals surface area contributed by atoms with Crippen molar-refractivity contribution in [1.29, 1.82) is 0 Å².